The second kappa shape index (κ2) is 7.62. The number of hydrogen-bond donors (Lipinski definition) is 1. The number of benzene rings is 1. The maximum Gasteiger partial charge on any atom is 0.313 e. The Labute approximate surface area is 156 Å². The van der Waals surface area contributed by atoms with Crippen LogP contribution in [0.3, 0.4) is 0 Å². The maximum atomic E-state index is 11.0. The van der Waals surface area contributed by atoms with Crippen LogP contribution < -0.4 is 5.43 Å². The number of anilines is 1. The highest BCUT2D eigenvalue weighted by molar-refractivity contribution is 6.32. The summed E-state index contributed by atoms with van der Waals surface area (Å²) in [6, 6.07) is 10.2. The number of nitrogens with zero attached hydrogens (tertiary/aromatic N) is 4. The van der Waals surface area contributed by atoms with Gasteiger partial charge in [0.25, 0.3) is 5.69 Å². The smallest absolute Gasteiger partial charge is 0.313 e. The van der Waals surface area contributed by atoms with Crippen LogP contribution in [0, 0.1) is 20.2 Å². The largest absolute Gasteiger partial charge is 0.455 e. The van der Waals surface area contributed by atoms with Crippen molar-refractivity contribution in [1.82, 2.24) is 4.98 Å². The number of rotatable bonds is 6. The fourth-order valence-electron chi connectivity index (χ4n) is 2.17. The molecule has 0 atom stereocenters. The van der Waals surface area contributed by atoms with E-state index in [0.717, 1.165) is 0 Å². The summed E-state index contributed by atoms with van der Waals surface area (Å²) in [5.74, 6) is 0.688. The molecule has 0 unspecified atom stereocenters. The molecule has 3 aromatic rings. The molecule has 0 amide bonds. The van der Waals surface area contributed by atoms with E-state index in [2.05, 4.69) is 15.5 Å². The molecule has 0 saturated heterocycles. The molecule has 3 rings (SSSR count). The summed E-state index contributed by atoms with van der Waals surface area (Å²) in [5.41, 5.74) is 2.49. The van der Waals surface area contributed by atoms with Crippen LogP contribution in [0.5, 0.6) is 0 Å². The van der Waals surface area contributed by atoms with Crippen molar-refractivity contribution in [2.24, 2.45) is 5.10 Å². The number of nitrogens with one attached hydrogen (secondary N) is 1. The topological polar surface area (TPSA) is 137 Å². The third-order valence-corrected chi connectivity index (χ3v) is 3.72. The van der Waals surface area contributed by atoms with Crippen LogP contribution >= 0.6 is 11.6 Å². The van der Waals surface area contributed by atoms with E-state index >= 15 is 0 Å². The van der Waals surface area contributed by atoms with Gasteiger partial charge in [0.1, 0.15) is 16.5 Å². The van der Waals surface area contributed by atoms with Crippen LogP contribution in [-0.2, 0) is 0 Å². The molecule has 0 bridgehead atoms. The number of aromatic nitrogens is 1. The van der Waals surface area contributed by atoms with E-state index in [1.165, 1.54) is 36.7 Å². The van der Waals surface area contributed by atoms with Crippen molar-refractivity contribution in [2.45, 2.75) is 0 Å². The molecule has 0 radical (unpaired) electrons. The molecule has 10 nitrogen and oxygen atoms in total. The summed E-state index contributed by atoms with van der Waals surface area (Å²) < 4.78 is 5.55. The highest BCUT2D eigenvalue weighted by Gasteiger charge is 2.15. The van der Waals surface area contributed by atoms with E-state index in [4.69, 9.17) is 16.0 Å². The van der Waals surface area contributed by atoms with Gasteiger partial charge in [-0.3, -0.25) is 25.7 Å². The fourth-order valence-corrected chi connectivity index (χ4v) is 2.36. The van der Waals surface area contributed by atoms with Crippen molar-refractivity contribution in [3.05, 3.63) is 79.7 Å². The highest BCUT2D eigenvalue weighted by atomic mass is 35.5. The zero-order valence-electron chi connectivity index (χ0n) is 13.4. The van der Waals surface area contributed by atoms with Crippen LogP contribution in [-0.4, -0.2) is 21.0 Å². The van der Waals surface area contributed by atoms with Crippen molar-refractivity contribution in [2.75, 3.05) is 5.43 Å². The second-order valence-corrected chi connectivity index (χ2v) is 5.53. The van der Waals surface area contributed by atoms with Crippen LogP contribution in [0.15, 0.2) is 58.2 Å². The lowest BCUT2D eigenvalue weighted by Crippen LogP contribution is -1.98. The van der Waals surface area contributed by atoms with Gasteiger partial charge in [0.15, 0.2) is 0 Å². The summed E-state index contributed by atoms with van der Waals surface area (Å²) in [4.78, 5) is 24.6. The van der Waals surface area contributed by atoms with Crippen LogP contribution in [0.2, 0.25) is 5.02 Å². The Bertz CT molecular complexity index is 1050. The SMILES string of the molecule is O=[N+]([O-])c1cc(-c2ccc(/C=N/Nc3ncccc3[N+](=O)[O-])o2)ccc1Cl. The summed E-state index contributed by atoms with van der Waals surface area (Å²) >= 11 is 5.79. The maximum absolute atomic E-state index is 11.0. The Morgan fingerprint density at radius 1 is 1.11 bits per heavy atom. The molecule has 0 aliphatic heterocycles. The Hall–Kier alpha value is -3.79. The van der Waals surface area contributed by atoms with E-state index in [-0.39, 0.29) is 22.2 Å². The third-order valence-electron chi connectivity index (χ3n) is 3.40. The van der Waals surface area contributed by atoms with Gasteiger partial charge in [0, 0.05) is 23.9 Å². The zero-order chi connectivity index (χ0) is 19.4. The minimum Gasteiger partial charge on any atom is -0.455 e. The van der Waals surface area contributed by atoms with E-state index in [0.29, 0.717) is 17.1 Å². The number of nitro groups is 2. The number of nitro benzene ring substituents is 1. The Kier molecular flexibility index (Phi) is 5.08. The Morgan fingerprint density at radius 2 is 1.89 bits per heavy atom. The lowest BCUT2D eigenvalue weighted by atomic mass is 10.1. The standard InChI is InChI=1S/C16H10ClN5O5/c17-12-5-3-10(8-14(12)22(25)26)15-6-4-11(27-15)9-19-20-16-13(21(23)24)2-1-7-18-16/h1-9H,(H,18,20)/b19-9+. The van der Waals surface area contributed by atoms with Gasteiger partial charge in [-0.2, -0.15) is 5.10 Å². The summed E-state index contributed by atoms with van der Waals surface area (Å²) in [7, 11) is 0. The Balaban J connectivity index is 1.77. The van der Waals surface area contributed by atoms with Crippen molar-refractivity contribution >= 4 is 35.0 Å². The van der Waals surface area contributed by atoms with E-state index < -0.39 is 9.85 Å². The second-order valence-electron chi connectivity index (χ2n) is 5.12. The molecular weight excluding hydrogens is 378 g/mol. The van der Waals surface area contributed by atoms with E-state index in [1.807, 2.05) is 0 Å². The molecule has 136 valence electrons. The van der Waals surface area contributed by atoms with Crippen molar-refractivity contribution in [3.63, 3.8) is 0 Å². The van der Waals surface area contributed by atoms with Crippen LogP contribution in [0.4, 0.5) is 17.2 Å². The van der Waals surface area contributed by atoms with Crippen molar-refractivity contribution in [1.29, 1.82) is 0 Å². The minimum absolute atomic E-state index is 0.0149. The molecule has 1 N–H and O–H groups in total. The van der Waals surface area contributed by atoms with Gasteiger partial charge in [-0.05, 0) is 30.3 Å². The van der Waals surface area contributed by atoms with Gasteiger partial charge >= 0.3 is 5.69 Å². The molecule has 27 heavy (non-hydrogen) atoms. The summed E-state index contributed by atoms with van der Waals surface area (Å²) in [6.07, 6.45) is 2.69. The molecule has 2 aromatic heterocycles. The molecule has 0 spiro atoms. The highest BCUT2D eigenvalue weighted by Crippen LogP contribution is 2.31. The average Bonchev–Trinajstić information content (AvgIpc) is 3.11. The lowest BCUT2D eigenvalue weighted by molar-refractivity contribution is -0.384. The van der Waals surface area contributed by atoms with Gasteiger partial charge in [-0.25, -0.2) is 4.98 Å². The summed E-state index contributed by atoms with van der Waals surface area (Å²) in [6.45, 7) is 0. The molecule has 2 heterocycles. The monoisotopic (exact) mass is 387 g/mol. The molecule has 0 saturated carbocycles. The normalized spacial score (nSPS) is 10.9. The zero-order valence-corrected chi connectivity index (χ0v) is 14.2. The van der Waals surface area contributed by atoms with Crippen molar-refractivity contribution in [3.8, 4) is 11.3 Å². The predicted octanol–water partition coefficient (Wildman–Crippen LogP) is 4.26. The van der Waals surface area contributed by atoms with Crippen LogP contribution in [0.1, 0.15) is 5.76 Å². The average molecular weight is 388 g/mol. The van der Waals surface area contributed by atoms with Gasteiger partial charge in [-0.15, -0.1) is 0 Å². The fraction of sp³-hybridized carbons (Fsp3) is 0. The molecule has 0 aliphatic carbocycles. The van der Waals surface area contributed by atoms with E-state index in [9.17, 15) is 20.2 Å². The first-order chi connectivity index (χ1) is 13.0. The van der Waals surface area contributed by atoms with Gasteiger partial charge < -0.3 is 4.42 Å². The number of furan rings is 1. The molecule has 1 aromatic carbocycles. The molecule has 11 heteroatoms. The lowest BCUT2D eigenvalue weighted by Gasteiger charge is -2.00. The number of hydrazone groups is 1. The Morgan fingerprint density at radius 3 is 2.63 bits per heavy atom. The van der Waals surface area contributed by atoms with Gasteiger partial charge in [0.05, 0.1) is 16.1 Å². The van der Waals surface area contributed by atoms with Crippen molar-refractivity contribution < 1.29 is 14.3 Å². The molecule has 0 aliphatic rings. The van der Waals surface area contributed by atoms with Crippen LogP contribution in [0.25, 0.3) is 11.3 Å². The minimum atomic E-state index is -0.583. The first kappa shape index (κ1) is 18.0. The van der Waals surface area contributed by atoms with Gasteiger partial charge in [0.2, 0.25) is 5.82 Å². The number of pyridine rings is 1. The third kappa shape index (κ3) is 4.07. The first-order valence-electron chi connectivity index (χ1n) is 7.38. The van der Waals surface area contributed by atoms with E-state index in [1.54, 1.807) is 18.2 Å². The summed E-state index contributed by atoms with van der Waals surface area (Å²) in [5, 5.41) is 25.8. The quantitative estimate of drug-likeness (QED) is 0.379. The molecular formula is C16H10ClN5O5. The number of hydrogen-bond acceptors (Lipinski definition) is 8. The van der Waals surface area contributed by atoms with Gasteiger partial charge in [-0.1, -0.05) is 11.6 Å². The first-order valence-corrected chi connectivity index (χ1v) is 7.76. The predicted molar refractivity (Wildman–Crippen MR) is 97.9 cm³/mol. The molecule has 0 fully saturated rings. The number of halogens is 1.